The first kappa shape index (κ1) is 42.5. The molecule has 0 radical (unpaired) electrons. The average molecular weight is 607 g/mol. The van der Waals surface area contributed by atoms with E-state index in [2.05, 4.69) is 69.2 Å². The average Bonchev–Trinajstić information content (AvgIpc) is 2.89. The second kappa shape index (κ2) is 25.6. The number of ether oxygens (including phenoxy) is 1. The van der Waals surface area contributed by atoms with Crippen LogP contribution in [0.15, 0.2) is 0 Å². The molecule has 0 aliphatic heterocycles. The molecule has 0 aliphatic rings. The van der Waals surface area contributed by atoms with E-state index >= 15 is 0 Å². The number of rotatable bonds is 28. The molecule has 0 amide bonds. The maximum absolute atomic E-state index is 13.6. The molecule has 2 heteroatoms. The Balaban J connectivity index is 4.73. The van der Waals surface area contributed by atoms with E-state index in [1.165, 1.54) is 128 Å². The molecule has 0 rings (SSSR count). The van der Waals surface area contributed by atoms with E-state index < -0.39 is 0 Å². The van der Waals surface area contributed by atoms with Crippen LogP contribution in [-0.4, -0.2) is 12.6 Å². The largest absolute Gasteiger partial charge is 0.465 e. The van der Waals surface area contributed by atoms with Gasteiger partial charge in [-0.25, -0.2) is 0 Å². The third-order valence-corrected chi connectivity index (χ3v) is 9.50. The number of carbonyl (C=O) groups excluding carboxylic acids is 1. The lowest BCUT2D eigenvalue weighted by Crippen LogP contribution is -2.29. The van der Waals surface area contributed by atoms with Gasteiger partial charge in [-0.05, 0) is 67.1 Å². The van der Waals surface area contributed by atoms with Gasteiger partial charge in [0.15, 0.2) is 0 Å². The molecule has 43 heavy (non-hydrogen) atoms. The van der Waals surface area contributed by atoms with Crippen LogP contribution in [0, 0.1) is 34.5 Å². The summed E-state index contributed by atoms with van der Waals surface area (Å²) in [5, 5.41) is 0. The quantitative estimate of drug-likeness (QED) is 0.0654. The zero-order chi connectivity index (χ0) is 32.6. The molecule has 0 aliphatic carbocycles. The highest BCUT2D eigenvalue weighted by atomic mass is 16.5. The Kier molecular flexibility index (Phi) is 25.3. The van der Waals surface area contributed by atoms with Crippen LogP contribution in [0.2, 0.25) is 0 Å². The van der Waals surface area contributed by atoms with Gasteiger partial charge in [0.1, 0.15) is 0 Å². The lowest BCUT2D eigenvalue weighted by molar-refractivity contribution is -0.152. The zero-order valence-corrected chi connectivity index (χ0v) is 31.6. The minimum Gasteiger partial charge on any atom is -0.465 e. The molecule has 0 spiro atoms. The third kappa shape index (κ3) is 27.5. The van der Waals surface area contributed by atoms with Crippen LogP contribution >= 0.6 is 0 Å². The smallest absolute Gasteiger partial charge is 0.309 e. The van der Waals surface area contributed by atoms with Crippen molar-refractivity contribution in [1.29, 1.82) is 0 Å². The topological polar surface area (TPSA) is 26.3 Å². The summed E-state index contributed by atoms with van der Waals surface area (Å²) in [6, 6.07) is 0. The van der Waals surface area contributed by atoms with E-state index in [-0.39, 0.29) is 17.3 Å². The normalized spacial score (nSPS) is 15.3. The van der Waals surface area contributed by atoms with Crippen molar-refractivity contribution in [3.63, 3.8) is 0 Å². The fourth-order valence-electron chi connectivity index (χ4n) is 7.28. The number of carbonyl (C=O) groups is 1. The Morgan fingerprint density at radius 2 is 0.930 bits per heavy atom. The molecule has 0 fully saturated rings. The molecule has 0 bridgehead atoms. The van der Waals surface area contributed by atoms with E-state index in [0.29, 0.717) is 29.8 Å². The standard InChI is InChI=1S/C41H82O2/c1-11-13-15-17-18-19-20-21-22-23-24-25-27-29-37(28-26-16-14-12-2)34-43-39(42)38(36(4)33-41(8,9)10)31-30-35(3)32-40(5,6)7/h35-38H,11-34H2,1-10H3. The van der Waals surface area contributed by atoms with Crippen molar-refractivity contribution >= 4 is 5.97 Å². The van der Waals surface area contributed by atoms with Gasteiger partial charge in [-0.15, -0.1) is 0 Å². The van der Waals surface area contributed by atoms with Crippen LogP contribution in [0.3, 0.4) is 0 Å². The summed E-state index contributed by atoms with van der Waals surface area (Å²) < 4.78 is 6.22. The molecule has 0 aromatic heterocycles. The van der Waals surface area contributed by atoms with Crippen molar-refractivity contribution in [3.05, 3.63) is 0 Å². The second-order valence-corrected chi connectivity index (χ2v) is 17.2. The SMILES string of the molecule is CCCCCCCCCCCCCCCC(CCCCCC)COC(=O)C(CCC(C)CC(C)(C)C)C(C)CC(C)(C)C. The van der Waals surface area contributed by atoms with Gasteiger partial charge in [0, 0.05) is 0 Å². The van der Waals surface area contributed by atoms with Crippen LogP contribution in [0.1, 0.15) is 217 Å². The van der Waals surface area contributed by atoms with Gasteiger partial charge in [-0.1, -0.05) is 178 Å². The zero-order valence-electron chi connectivity index (χ0n) is 31.6. The van der Waals surface area contributed by atoms with Gasteiger partial charge in [0.2, 0.25) is 0 Å². The van der Waals surface area contributed by atoms with Crippen molar-refractivity contribution in [2.24, 2.45) is 34.5 Å². The minimum absolute atomic E-state index is 0.0266. The third-order valence-electron chi connectivity index (χ3n) is 9.50. The fraction of sp³-hybridized carbons (Fsp3) is 0.976. The van der Waals surface area contributed by atoms with E-state index in [1.54, 1.807) is 0 Å². The highest BCUT2D eigenvalue weighted by Gasteiger charge is 2.31. The lowest BCUT2D eigenvalue weighted by Gasteiger charge is -2.30. The minimum atomic E-state index is 0.0266. The van der Waals surface area contributed by atoms with Crippen LogP contribution in [0.5, 0.6) is 0 Å². The van der Waals surface area contributed by atoms with Gasteiger partial charge in [0.05, 0.1) is 12.5 Å². The Morgan fingerprint density at radius 1 is 0.535 bits per heavy atom. The molecule has 0 saturated carbocycles. The second-order valence-electron chi connectivity index (χ2n) is 17.2. The predicted octanol–water partition coefficient (Wildman–Crippen LogP) is 14.1. The van der Waals surface area contributed by atoms with E-state index in [9.17, 15) is 4.79 Å². The summed E-state index contributed by atoms with van der Waals surface area (Å²) in [5.41, 5.74) is 0.566. The van der Waals surface area contributed by atoms with Gasteiger partial charge >= 0.3 is 5.97 Å². The number of hydrogen-bond acceptors (Lipinski definition) is 2. The molecule has 0 N–H and O–H groups in total. The molecule has 0 saturated heterocycles. The summed E-state index contributed by atoms with van der Waals surface area (Å²) in [6.45, 7) is 23.8. The Bertz CT molecular complexity index is 625. The fourth-order valence-corrected chi connectivity index (χ4v) is 7.28. The summed E-state index contributed by atoms with van der Waals surface area (Å²) in [4.78, 5) is 13.6. The molecular formula is C41H82O2. The van der Waals surface area contributed by atoms with Crippen LogP contribution in [0.25, 0.3) is 0 Å². The molecule has 0 aromatic rings. The van der Waals surface area contributed by atoms with Crippen molar-refractivity contribution < 1.29 is 9.53 Å². The summed E-state index contributed by atoms with van der Waals surface area (Å²) in [5.74, 6) is 1.65. The first-order valence-corrected chi connectivity index (χ1v) is 19.5. The molecule has 4 unspecified atom stereocenters. The highest BCUT2D eigenvalue weighted by Crippen LogP contribution is 2.34. The maximum Gasteiger partial charge on any atom is 0.309 e. The van der Waals surface area contributed by atoms with E-state index in [0.717, 1.165) is 19.3 Å². The van der Waals surface area contributed by atoms with Gasteiger partial charge in [0.25, 0.3) is 0 Å². The molecule has 2 nitrogen and oxygen atoms in total. The first-order valence-electron chi connectivity index (χ1n) is 19.5. The molecule has 0 heterocycles. The number of hydrogen-bond donors (Lipinski definition) is 0. The maximum atomic E-state index is 13.6. The Hall–Kier alpha value is -0.530. The molecular weight excluding hydrogens is 524 g/mol. The summed E-state index contributed by atoms with van der Waals surface area (Å²) >= 11 is 0. The van der Waals surface area contributed by atoms with Crippen molar-refractivity contribution in [3.8, 4) is 0 Å². The van der Waals surface area contributed by atoms with Crippen LogP contribution in [-0.2, 0) is 9.53 Å². The first-order chi connectivity index (χ1) is 20.3. The van der Waals surface area contributed by atoms with Crippen LogP contribution < -0.4 is 0 Å². The van der Waals surface area contributed by atoms with E-state index in [4.69, 9.17) is 4.74 Å². The molecule has 0 aromatic carbocycles. The van der Waals surface area contributed by atoms with E-state index in [1.807, 2.05) is 0 Å². The number of unbranched alkanes of at least 4 members (excludes halogenated alkanes) is 15. The highest BCUT2D eigenvalue weighted by molar-refractivity contribution is 5.72. The van der Waals surface area contributed by atoms with Gasteiger partial charge in [-0.3, -0.25) is 4.79 Å². The van der Waals surface area contributed by atoms with Crippen molar-refractivity contribution in [2.75, 3.05) is 6.61 Å². The monoisotopic (exact) mass is 607 g/mol. The summed E-state index contributed by atoms with van der Waals surface area (Å²) in [6.07, 6.45) is 30.2. The van der Waals surface area contributed by atoms with Gasteiger partial charge < -0.3 is 4.74 Å². The Morgan fingerprint density at radius 3 is 1.35 bits per heavy atom. The summed E-state index contributed by atoms with van der Waals surface area (Å²) in [7, 11) is 0. The Labute approximate surface area is 273 Å². The van der Waals surface area contributed by atoms with Gasteiger partial charge in [-0.2, -0.15) is 0 Å². The van der Waals surface area contributed by atoms with Crippen LogP contribution in [0.4, 0.5) is 0 Å². The van der Waals surface area contributed by atoms with Crippen molar-refractivity contribution in [2.45, 2.75) is 217 Å². The molecule has 4 atom stereocenters. The lowest BCUT2D eigenvalue weighted by atomic mass is 9.76. The molecule has 258 valence electrons. The van der Waals surface area contributed by atoms with Crippen molar-refractivity contribution in [1.82, 2.24) is 0 Å². The number of esters is 1. The predicted molar refractivity (Wildman–Crippen MR) is 193 cm³/mol.